The van der Waals surface area contributed by atoms with E-state index < -0.39 is 5.60 Å². The quantitative estimate of drug-likeness (QED) is 0.548. The van der Waals surface area contributed by atoms with Gasteiger partial charge in [0.1, 0.15) is 5.60 Å². The molecule has 0 saturated heterocycles. The minimum Gasteiger partial charge on any atom is -0.377 e. The van der Waals surface area contributed by atoms with Gasteiger partial charge in [-0.15, -0.1) is 6.42 Å². The van der Waals surface area contributed by atoms with Gasteiger partial charge in [-0.1, -0.05) is 37.1 Å². The van der Waals surface area contributed by atoms with Gasteiger partial charge in [-0.3, -0.25) is 0 Å². The third-order valence-electron chi connectivity index (χ3n) is 8.11. The van der Waals surface area contributed by atoms with Crippen LogP contribution >= 0.6 is 0 Å². The van der Waals surface area contributed by atoms with E-state index in [4.69, 9.17) is 6.42 Å². The van der Waals surface area contributed by atoms with Crippen molar-refractivity contribution in [3.8, 4) is 12.3 Å². The molecule has 0 spiro atoms. The van der Waals surface area contributed by atoms with Crippen molar-refractivity contribution in [3.63, 3.8) is 0 Å². The van der Waals surface area contributed by atoms with Gasteiger partial charge in [0, 0.05) is 5.41 Å². The van der Waals surface area contributed by atoms with E-state index in [1.165, 1.54) is 31.3 Å². The maximum absolute atomic E-state index is 11.2. The van der Waals surface area contributed by atoms with Gasteiger partial charge in [0.05, 0.1) is 0 Å². The van der Waals surface area contributed by atoms with Crippen molar-refractivity contribution in [2.24, 2.45) is 35.0 Å². The molecule has 1 nitrogen and oxygen atoms in total. The molecule has 0 heterocycles. The molecule has 0 aliphatic heterocycles. The second kappa shape index (κ2) is 5.25. The summed E-state index contributed by atoms with van der Waals surface area (Å²) in [7, 11) is 0. The highest BCUT2D eigenvalue weighted by molar-refractivity contribution is 5.30. The SMILES string of the molecule is C#C[C@]1(O)CC[C@H]2[C@@H]3CC[C@H]4C=CCC[C@@H]4[C@H]3C(=C)C[C@@]21CC. The van der Waals surface area contributed by atoms with Crippen molar-refractivity contribution < 1.29 is 5.11 Å². The van der Waals surface area contributed by atoms with Gasteiger partial charge < -0.3 is 5.11 Å². The Morgan fingerprint density at radius 2 is 2.13 bits per heavy atom. The number of terminal acetylenes is 1. The van der Waals surface area contributed by atoms with Crippen LogP contribution in [0.15, 0.2) is 24.3 Å². The van der Waals surface area contributed by atoms with Crippen LogP contribution in [-0.4, -0.2) is 10.7 Å². The summed E-state index contributed by atoms with van der Waals surface area (Å²) in [4.78, 5) is 0. The molecule has 0 aromatic rings. The van der Waals surface area contributed by atoms with Crippen LogP contribution < -0.4 is 0 Å². The Hall–Kier alpha value is -1.00. The number of hydrogen-bond donors (Lipinski definition) is 1. The largest absolute Gasteiger partial charge is 0.377 e. The van der Waals surface area contributed by atoms with Crippen LogP contribution in [0.2, 0.25) is 0 Å². The van der Waals surface area contributed by atoms with E-state index in [0.29, 0.717) is 17.8 Å². The van der Waals surface area contributed by atoms with Crippen molar-refractivity contribution in [2.45, 2.75) is 63.9 Å². The standard InChI is InChI=1S/C22H30O/c1-4-21-14-15(3)20-17-9-7-6-8-16(17)10-11-18(20)19(21)12-13-22(21,23)5-2/h2,6,8,16-20,23H,3-4,7,9-14H2,1H3/t16-,17+,18+,19+,20-,21+,22+/m1/s1. The molecule has 3 saturated carbocycles. The fourth-order valence-electron chi connectivity index (χ4n) is 7.13. The van der Waals surface area contributed by atoms with Crippen LogP contribution in [0.4, 0.5) is 0 Å². The molecule has 4 rings (SSSR count). The lowest BCUT2D eigenvalue weighted by molar-refractivity contribution is -0.0876. The molecule has 0 aromatic carbocycles. The smallest absolute Gasteiger partial charge is 0.131 e. The van der Waals surface area contributed by atoms with Gasteiger partial charge in [-0.05, 0) is 81.0 Å². The Bertz CT molecular complexity index is 581. The van der Waals surface area contributed by atoms with E-state index in [9.17, 15) is 5.11 Å². The molecule has 0 bridgehead atoms. The van der Waals surface area contributed by atoms with Crippen molar-refractivity contribution in [3.05, 3.63) is 24.3 Å². The average molecular weight is 310 g/mol. The van der Waals surface area contributed by atoms with Gasteiger partial charge >= 0.3 is 0 Å². The second-order valence-electron chi connectivity index (χ2n) is 8.59. The first-order valence-corrected chi connectivity index (χ1v) is 9.61. The Balaban J connectivity index is 1.73. The zero-order valence-electron chi connectivity index (χ0n) is 14.4. The van der Waals surface area contributed by atoms with E-state index >= 15 is 0 Å². The number of allylic oxidation sites excluding steroid dienone is 3. The van der Waals surface area contributed by atoms with Gasteiger partial charge in [0.2, 0.25) is 0 Å². The first-order chi connectivity index (χ1) is 11.1. The lowest BCUT2D eigenvalue weighted by Gasteiger charge is -2.57. The number of rotatable bonds is 1. The Morgan fingerprint density at radius 1 is 1.30 bits per heavy atom. The first-order valence-electron chi connectivity index (χ1n) is 9.61. The van der Waals surface area contributed by atoms with Crippen LogP contribution in [0, 0.1) is 47.3 Å². The number of aliphatic hydroxyl groups is 1. The minimum atomic E-state index is -0.913. The van der Waals surface area contributed by atoms with E-state index in [2.05, 4.69) is 31.6 Å². The molecule has 23 heavy (non-hydrogen) atoms. The molecule has 0 amide bonds. The third kappa shape index (κ3) is 1.91. The van der Waals surface area contributed by atoms with Crippen molar-refractivity contribution in [2.75, 3.05) is 0 Å². The molecule has 4 aliphatic carbocycles. The van der Waals surface area contributed by atoms with E-state index in [1.807, 2.05) is 0 Å². The summed E-state index contributed by atoms with van der Waals surface area (Å²) in [5.41, 5.74) is 0.370. The van der Waals surface area contributed by atoms with Gasteiger partial charge in [0.25, 0.3) is 0 Å². The average Bonchev–Trinajstić information content (AvgIpc) is 2.88. The second-order valence-corrected chi connectivity index (χ2v) is 8.59. The highest BCUT2D eigenvalue weighted by Crippen LogP contribution is 2.67. The maximum atomic E-state index is 11.2. The van der Waals surface area contributed by atoms with Crippen LogP contribution in [0.3, 0.4) is 0 Å². The monoisotopic (exact) mass is 310 g/mol. The van der Waals surface area contributed by atoms with Crippen LogP contribution in [0.5, 0.6) is 0 Å². The molecule has 124 valence electrons. The molecular formula is C22H30O. The summed E-state index contributed by atoms with van der Waals surface area (Å²) in [6, 6.07) is 0. The maximum Gasteiger partial charge on any atom is 0.131 e. The normalized spacial score (nSPS) is 51.5. The lowest BCUT2D eigenvalue weighted by atomic mass is 9.47. The molecule has 0 unspecified atom stereocenters. The third-order valence-corrected chi connectivity index (χ3v) is 8.11. The summed E-state index contributed by atoms with van der Waals surface area (Å²) >= 11 is 0. The van der Waals surface area contributed by atoms with E-state index in [1.54, 1.807) is 0 Å². The van der Waals surface area contributed by atoms with Crippen molar-refractivity contribution in [1.82, 2.24) is 0 Å². The Kier molecular flexibility index (Phi) is 3.54. The molecule has 0 aromatic heterocycles. The van der Waals surface area contributed by atoms with E-state index in [-0.39, 0.29) is 5.41 Å². The first kappa shape index (κ1) is 15.5. The van der Waals surface area contributed by atoms with Crippen LogP contribution in [0.1, 0.15) is 58.3 Å². The molecular weight excluding hydrogens is 280 g/mol. The zero-order chi connectivity index (χ0) is 16.2. The summed E-state index contributed by atoms with van der Waals surface area (Å²) in [6.45, 7) is 6.76. The Morgan fingerprint density at radius 3 is 2.87 bits per heavy atom. The summed E-state index contributed by atoms with van der Waals surface area (Å²) in [5, 5.41) is 11.2. The topological polar surface area (TPSA) is 20.2 Å². The highest BCUT2D eigenvalue weighted by atomic mass is 16.3. The molecule has 1 N–H and O–H groups in total. The van der Waals surface area contributed by atoms with Crippen LogP contribution in [-0.2, 0) is 0 Å². The number of hydrogen-bond acceptors (Lipinski definition) is 1. The van der Waals surface area contributed by atoms with Gasteiger partial charge in [0.15, 0.2) is 0 Å². The predicted molar refractivity (Wildman–Crippen MR) is 94.6 cm³/mol. The minimum absolute atomic E-state index is 0.114. The summed E-state index contributed by atoms with van der Waals surface area (Å²) in [5.74, 6) is 6.33. The van der Waals surface area contributed by atoms with Gasteiger partial charge in [-0.25, -0.2) is 0 Å². The number of fused-ring (bicyclic) bond motifs is 5. The van der Waals surface area contributed by atoms with E-state index in [0.717, 1.165) is 37.5 Å². The lowest BCUT2D eigenvalue weighted by Crippen LogP contribution is -2.54. The molecule has 1 heteroatoms. The van der Waals surface area contributed by atoms with Crippen LogP contribution in [0.25, 0.3) is 0 Å². The predicted octanol–water partition coefficient (Wildman–Crippen LogP) is 4.73. The fourth-order valence-corrected chi connectivity index (χ4v) is 7.13. The molecule has 7 atom stereocenters. The van der Waals surface area contributed by atoms with Crippen molar-refractivity contribution >= 4 is 0 Å². The molecule has 3 fully saturated rings. The summed E-state index contributed by atoms with van der Waals surface area (Å²) < 4.78 is 0. The molecule has 0 radical (unpaired) electrons. The Labute approximate surface area is 141 Å². The van der Waals surface area contributed by atoms with Gasteiger partial charge in [-0.2, -0.15) is 0 Å². The summed E-state index contributed by atoms with van der Waals surface area (Å²) in [6.07, 6.45) is 19.7. The molecule has 4 aliphatic rings. The van der Waals surface area contributed by atoms with Crippen molar-refractivity contribution in [1.29, 1.82) is 0 Å². The highest BCUT2D eigenvalue weighted by Gasteiger charge is 2.64. The fraction of sp³-hybridized carbons (Fsp3) is 0.727. The zero-order valence-corrected chi connectivity index (χ0v) is 14.4.